The molecule has 0 spiro atoms. The Hall–Kier alpha value is -3.11. The smallest absolute Gasteiger partial charge is 0.261 e. The predicted molar refractivity (Wildman–Crippen MR) is 108 cm³/mol. The Morgan fingerprint density at radius 1 is 1.00 bits per heavy atom. The standard InChI is InChI=1S/C19H23N3O6S/c1-20-18(23)15-12-13(8-9-17(15)28-3)29(25,26)22-16-7-5-4-6-14(16)19(24)21-10-11-27-2/h4-9,12,22H,10-11H2,1-3H3,(H,20,23)(H,21,24). The van der Waals surface area contributed by atoms with E-state index in [-0.39, 0.29) is 34.0 Å². The largest absolute Gasteiger partial charge is 0.496 e. The van der Waals surface area contributed by atoms with Gasteiger partial charge in [-0.1, -0.05) is 12.1 Å². The van der Waals surface area contributed by atoms with E-state index in [0.29, 0.717) is 6.61 Å². The second kappa shape index (κ2) is 9.89. The third kappa shape index (κ3) is 5.46. The Morgan fingerprint density at radius 2 is 1.72 bits per heavy atom. The molecule has 2 aromatic carbocycles. The van der Waals surface area contributed by atoms with Crippen LogP contribution in [0, 0.1) is 0 Å². The van der Waals surface area contributed by atoms with Gasteiger partial charge in [0, 0.05) is 20.7 Å². The summed E-state index contributed by atoms with van der Waals surface area (Å²) in [4.78, 5) is 24.2. The summed E-state index contributed by atoms with van der Waals surface area (Å²) in [7, 11) is 0.248. The number of carbonyl (C=O) groups excluding carboxylic acids is 2. The number of amides is 2. The number of ether oxygens (including phenoxy) is 2. The van der Waals surface area contributed by atoms with E-state index in [2.05, 4.69) is 15.4 Å². The number of carbonyl (C=O) groups is 2. The van der Waals surface area contributed by atoms with Gasteiger partial charge in [-0.05, 0) is 30.3 Å². The van der Waals surface area contributed by atoms with E-state index in [1.807, 2.05) is 0 Å². The number of methoxy groups -OCH3 is 2. The van der Waals surface area contributed by atoms with Crippen LogP contribution in [0.5, 0.6) is 5.75 Å². The monoisotopic (exact) mass is 421 g/mol. The highest BCUT2D eigenvalue weighted by Crippen LogP contribution is 2.25. The van der Waals surface area contributed by atoms with Crippen LogP contribution >= 0.6 is 0 Å². The SMILES string of the molecule is CNC(=O)c1cc(S(=O)(=O)Nc2ccccc2C(=O)NCCOC)ccc1OC. The average Bonchev–Trinajstić information content (AvgIpc) is 2.72. The molecule has 0 unspecified atom stereocenters. The highest BCUT2D eigenvalue weighted by Gasteiger charge is 2.21. The Morgan fingerprint density at radius 3 is 2.38 bits per heavy atom. The van der Waals surface area contributed by atoms with Gasteiger partial charge in [-0.15, -0.1) is 0 Å². The van der Waals surface area contributed by atoms with Crippen molar-refractivity contribution in [3.8, 4) is 5.75 Å². The van der Waals surface area contributed by atoms with Gasteiger partial charge in [0.15, 0.2) is 0 Å². The summed E-state index contributed by atoms with van der Waals surface area (Å²) in [6.45, 7) is 0.609. The van der Waals surface area contributed by atoms with Gasteiger partial charge in [0.1, 0.15) is 5.75 Å². The third-order valence-corrected chi connectivity index (χ3v) is 5.32. The highest BCUT2D eigenvalue weighted by atomic mass is 32.2. The van der Waals surface area contributed by atoms with E-state index in [9.17, 15) is 18.0 Å². The third-order valence-electron chi connectivity index (χ3n) is 3.96. The number of benzene rings is 2. The molecule has 2 aromatic rings. The molecule has 2 amide bonds. The van der Waals surface area contributed by atoms with Crippen molar-refractivity contribution in [1.29, 1.82) is 0 Å². The first-order valence-corrected chi connectivity index (χ1v) is 10.1. The molecule has 0 heterocycles. The molecule has 0 aromatic heterocycles. The fourth-order valence-corrected chi connectivity index (χ4v) is 3.61. The highest BCUT2D eigenvalue weighted by molar-refractivity contribution is 7.92. The van der Waals surface area contributed by atoms with E-state index < -0.39 is 21.8 Å². The summed E-state index contributed by atoms with van der Waals surface area (Å²) in [6, 6.07) is 10.1. The topological polar surface area (TPSA) is 123 Å². The molecular formula is C19H23N3O6S. The molecule has 9 nitrogen and oxygen atoms in total. The Bertz CT molecular complexity index is 991. The number of sulfonamides is 1. The maximum absolute atomic E-state index is 12.9. The molecule has 29 heavy (non-hydrogen) atoms. The van der Waals surface area contributed by atoms with Gasteiger partial charge < -0.3 is 20.1 Å². The zero-order valence-corrected chi connectivity index (χ0v) is 17.1. The summed E-state index contributed by atoms with van der Waals surface area (Å²) < 4.78 is 38.1. The molecule has 0 saturated carbocycles. The zero-order chi connectivity index (χ0) is 21.4. The number of hydrogen-bond donors (Lipinski definition) is 3. The first-order valence-electron chi connectivity index (χ1n) is 8.63. The van der Waals surface area contributed by atoms with Crippen molar-refractivity contribution in [2.24, 2.45) is 0 Å². The average molecular weight is 421 g/mol. The van der Waals surface area contributed by atoms with Crippen molar-refractivity contribution < 1.29 is 27.5 Å². The van der Waals surface area contributed by atoms with Crippen molar-refractivity contribution in [1.82, 2.24) is 10.6 Å². The molecule has 2 rings (SSSR count). The van der Waals surface area contributed by atoms with Crippen LogP contribution in [-0.2, 0) is 14.8 Å². The van der Waals surface area contributed by atoms with Crippen LogP contribution in [-0.4, -0.2) is 54.7 Å². The molecule has 0 bridgehead atoms. The fraction of sp³-hybridized carbons (Fsp3) is 0.263. The van der Waals surface area contributed by atoms with Crippen LogP contribution in [0.1, 0.15) is 20.7 Å². The lowest BCUT2D eigenvalue weighted by Gasteiger charge is -2.14. The van der Waals surface area contributed by atoms with E-state index in [1.165, 1.54) is 51.6 Å². The first kappa shape index (κ1) is 22.2. The van der Waals surface area contributed by atoms with Gasteiger partial charge in [-0.2, -0.15) is 0 Å². The number of nitrogens with one attached hydrogen (secondary N) is 3. The van der Waals surface area contributed by atoms with Gasteiger partial charge in [-0.3, -0.25) is 14.3 Å². The van der Waals surface area contributed by atoms with Crippen LogP contribution in [0.25, 0.3) is 0 Å². The van der Waals surface area contributed by atoms with Gasteiger partial charge >= 0.3 is 0 Å². The van der Waals surface area contributed by atoms with E-state index in [1.54, 1.807) is 12.1 Å². The molecule has 3 N–H and O–H groups in total. The molecule has 0 saturated heterocycles. The fourth-order valence-electron chi connectivity index (χ4n) is 2.50. The molecule has 156 valence electrons. The number of rotatable bonds is 9. The molecule has 0 aliphatic heterocycles. The minimum atomic E-state index is -4.07. The van der Waals surface area contributed by atoms with E-state index in [4.69, 9.17) is 9.47 Å². The number of hydrogen-bond acceptors (Lipinski definition) is 6. The van der Waals surface area contributed by atoms with Crippen molar-refractivity contribution in [3.05, 3.63) is 53.6 Å². The molecule has 0 aliphatic carbocycles. The van der Waals surface area contributed by atoms with Gasteiger partial charge in [0.2, 0.25) is 0 Å². The summed E-state index contributed by atoms with van der Waals surface area (Å²) >= 11 is 0. The predicted octanol–water partition coefficient (Wildman–Crippen LogP) is 1.23. The Kier molecular flexibility index (Phi) is 7.57. The second-order valence-electron chi connectivity index (χ2n) is 5.84. The van der Waals surface area contributed by atoms with Crippen molar-refractivity contribution in [2.75, 3.05) is 39.1 Å². The van der Waals surface area contributed by atoms with Gasteiger partial charge in [-0.25, -0.2) is 8.42 Å². The van der Waals surface area contributed by atoms with Crippen molar-refractivity contribution >= 4 is 27.5 Å². The van der Waals surface area contributed by atoms with E-state index >= 15 is 0 Å². The van der Waals surface area contributed by atoms with Gasteiger partial charge in [0.25, 0.3) is 21.8 Å². The summed E-state index contributed by atoms with van der Waals surface area (Å²) in [6.07, 6.45) is 0. The Balaban J connectivity index is 2.35. The summed E-state index contributed by atoms with van der Waals surface area (Å²) in [5, 5.41) is 5.08. The van der Waals surface area contributed by atoms with Crippen LogP contribution in [0.15, 0.2) is 47.4 Å². The maximum Gasteiger partial charge on any atom is 0.261 e. The lowest BCUT2D eigenvalue weighted by Crippen LogP contribution is -2.28. The van der Waals surface area contributed by atoms with Crippen molar-refractivity contribution in [2.45, 2.75) is 4.90 Å². The van der Waals surface area contributed by atoms with Crippen molar-refractivity contribution in [3.63, 3.8) is 0 Å². The number of para-hydroxylation sites is 1. The molecule has 0 aliphatic rings. The summed E-state index contributed by atoms with van der Waals surface area (Å²) in [5.41, 5.74) is 0.343. The molecular weight excluding hydrogens is 398 g/mol. The maximum atomic E-state index is 12.9. The van der Waals surface area contributed by atoms with Crippen LogP contribution in [0.3, 0.4) is 0 Å². The zero-order valence-electron chi connectivity index (χ0n) is 16.3. The minimum Gasteiger partial charge on any atom is -0.496 e. The second-order valence-corrected chi connectivity index (χ2v) is 7.52. The van der Waals surface area contributed by atoms with Crippen LogP contribution < -0.4 is 20.1 Å². The molecule has 0 fully saturated rings. The molecule has 10 heteroatoms. The molecule has 0 atom stereocenters. The lowest BCUT2D eigenvalue weighted by atomic mass is 10.1. The van der Waals surface area contributed by atoms with Crippen LogP contribution in [0.2, 0.25) is 0 Å². The van der Waals surface area contributed by atoms with Crippen LogP contribution in [0.4, 0.5) is 5.69 Å². The molecule has 0 radical (unpaired) electrons. The minimum absolute atomic E-state index is 0.0727. The van der Waals surface area contributed by atoms with E-state index in [0.717, 1.165) is 0 Å². The summed E-state index contributed by atoms with van der Waals surface area (Å²) in [5.74, 6) is -0.695. The Labute approximate surface area is 169 Å². The number of anilines is 1. The first-order chi connectivity index (χ1) is 13.8. The normalized spacial score (nSPS) is 10.9. The quantitative estimate of drug-likeness (QED) is 0.524. The van der Waals surface area contributed by atoms with Gasteiger partial charge in [0.05, 0.1) is 35.4 Å². The lowest BCUT2D eigenvalue weighted by molar-refractivity contribution is 0.0935.